The highest BCUT2D eigenvalue weighted by Gasteiger charge is 2.11. The number of aromatic nitrogens is 2. The highest BCUT2D eigenvalue weighted by Crippen LogP contribution is 2.20. The van der Waals surface area contributed by atoms with Gasteiger partial charge in [-0.1, -0.05) is 36.4 Å². The van der Waals surface area contributed by atoms with Crippen molar-refractivity contribution in [2.45, 2.75) is 32.4 Å². The van der Waals surface area contributed by atoms with E-state index in [1.807, 2.05) is 42.6 Å². The fourth-order valence-corrected chi connectivity index (χ4v) is 3.36. The van der Waals surface area contributed by atoms with Gasteiger partial charge in [-0.2, -0.15) is 5.10 Å². The van der Waals surface area contributed by atoms with Gasteiger partial charge in [-0.3, -0.25) is 9.59 Å². The number of nitrogens with zero attached hydrogens (tertiary/aromatic N) is 2. The van der Waals surface area contributed by atoms with Crippen molar-refractivity contribution in [1.82, 2.24) is 15.1 Å². The molecular formula is C20H21N3O2S. The van der Waals surface area contributed by atoms with Crippen molar-refractivity contribution < 1.29 is 4.79 Å². The van der Waals surface area contributed by atoms with E-state index in [2.05, 4.69) is 22.5 Å². The second kappa shape index (κ2) is 8.58. The number of hydrogen-bond acceptors (Lipinski definition) is 4. The van der Waals surface area contributed by atoms with Gasteiger partial charge < -0.3 is 5.32 Å². The average molecular weight is 367 g/mol. The number of nitrogens with one attached hydrogen (secondary N) is 1. The van der Waals surface area contributed by atoms with E-state index in [4.69, 9.17) is 0 Å². The molecule has 0 aliphatic heterocycles. The third-order valence-corrected chi connectivity index (χ3v) is 4.94. The molecule has 26 heavy (non-hydrogen) atoms. The third kappa shape index (κ3) is 4.89. The lowest BCUT2D eigenvalue weighted by Crippen LogP contribution is -2.38. The minimum Gasteiger partial charge on any atom is -0.352 e. The first kappa shape index (κ1) is 18.1. The summed E-state index contributed by atoms with van der Waals surface area (Å²) in [6, 6.07) is 17.2. The molecule has 0 unspecified atom stereocenters. The van der Waals surface area contributed by atoms with Crippen molar-refractivity contribution in [2.75, 3.05) is 0 Å². The van der Waals surface area contributed by atoms with Gasteiger partial charge in [0.15, 0.2) is 0 Å². The molecule has 6 heteroatoms. The molecule has 1 N–H and O–H groups in total. The SMILES string of the molecule is C[C@H](CCc1ccccc1)NC(=O)Cn1nc(-c2cccs2)ccc1=O. The van der Waals surface area contributed by atoms with E-state index in [1.54, 1.807) is 17.4 Å². The second-order valence-corrected chi connectivity index (χ2v) is 7.13. The van der Waals surface area contributed by atoms with Crippen molar-refractivity contribution in [2.24, 2.45) is 0 Å². The van der Waals surface area contributed by atoms with E-state index in [9.17, 15) is 9.59 Å². The number of rotatable bonds is 7. The van der Waals surface area contributed by atoms with E-state index in [0.29, 0.717) is 5.69 Å². The Bertz CT molecular complexity index is 904. The van der Waals surface area contributed by atoms with Gasteiger partial charge in [0, 0.05) is 12.1 Å². The second-order valence-electron chi connectivity index (χ2n) is 6.18. The summed E-state index contributed by atoms with van der Waals surface area (Å²) in [5.41, 5.74) is 1.66. The molecule has 0 aliphatic rings. The first-order valence-electron chi connectivity index (χ1n) is 8.57. The average Bonchev–Trinajstić information content (AvgIpc) is 3.17. The Labute approximate surface area is 156 Å². The predicted octanol–water partition coefficient (Wildman–Crippen LogP) is 3.11. The third-order valence-electron chi connectivity index (χ3n) is 4.05. The molecule has 134 valence electrons. The number of benzene rings is 1. The molecule has 3 aromatic rings. The Morgan fingerprint density at radius 1 is 1.15 bits per heavy atom. The Balaban J connectivity index is 1.57. The van der Waals surface area contributed by atoms with Crippen LogP contribution in [-0.4, -0.2) is 21.7 Å². The van der Waals surface area contributed by atoms with Crippen LogP contribution >= 0.6 is 11.3 Å². The molecule has 0 bridgehead atoms. The van der Waals surface area contributed by atoms with Crippen molar-refractivity contribution in [3.8, 4) is 10.6 Å². The summed E-state index contributed by atoms with van der Waals surface area (Å²) in [7, 11) is 0. The van der Waals surface area contributed by atoms with Crippen LogP contribution in [0.4, 0.5) is 0 Å². The van der Waals surface area contributed by atoms with E-state index < -0.39 is 0 Å². The van der Waals surface area contributed by atoms with Gasteiger partial charge in [-0.05, 0) is 42.8 Å². The van der Waals surface area contributed by atoms with E-state index in [-0.39, 0.29) is 24.1 Å². The molecule has 0 saturated carbocycles. The molecule has 1 atom stereocenters. The summed E-state index contributed by atoms with van der Waals surface area (Å²) in [6.07, 6.45) is 1.74. The van der Waals surface area contributed by atoms with Crippen LogP contribution in [0.15, 0.2) is 64.8 Å². The van der Waals surface area contributed by atoms with Gasteiger partial charge in [0.25, 0.3) is 5.56 Å². The maximum Gasteiger partial charge on any atom is 0.267 e. The van der Waals surface area contributed by atoms with Crippen LogP contribution < -0.4 is 10.9 Å². The number of carbonyl (C=O) groups is 1. The maximum absolute atomic E-state index is 12.3. The quantitative estimate of drug-likeness (QED) is 0.698. The summed E-state index contributed by atoms with van der Waals surface area (Å²) in [6.45, 7) is 1.90. The minimum atomic E-state index is -0.280. The number of thiophene rings is 1. The van der Waals surface area contributed by atoms with Crippen LogP contribution in [0.2, 0.25) is 0 Å². The molecule has 1 amide bonds. The lowest BCUT2D eigenvalue weighted by Gasteiger charge is -2.14. The first-order chi connectivity index (χ1) is 12.6. The zero-order valence-electron chi connectivity index (χ0n) is 14.6. The molecule has 0 saturated heterocycles. The summed E-state index contributed by atoms with van der Waals surface area (Å²) < 4.78 is 1.22. The molecule has 2 aromatic heterocycles. The normalized spacial score (nSPS) is 11.9. The zero-order valence-corrected chi connectivity index (χ0v) is 15.4. The van der Waals surface area contributed by atoms with Crippen LogP contribution in [0.5, 0.6) is 0 Å². The van der Waals surface area contributed by atoms with Gasteiger partial charge in [0.05, 0.1) is 4.88 Å². The van der Waals surface area contributed by atoms with Crippen LogP contribution in [0.25, 0.3) is 10.6 Å². The van der Waals surface area contributed by atoms with Crippen molar-refractivity contribution >= 4 is 17.2 Å². The first-order valence-corrected chi connectivity index (χ1v) is 9.45. The fourth-order valence-electron chi connectivity index (χ4n) is 2.67. The summed E-state index contributed by atoms with van der Waals surface area (Å²) in [5, 5.41) is 9.21. The van der Waals surface area contributed by atoms with Gasteiger partial charge in [0.1, 0.15) is 12.2 Å². The molecular weight excluding hydrogens is 346 g/mol. The lowest BCUT2D eigenvalue weighted by atomic mass is 10.1. The number of aryl methyl sites for hydroxylation is 1. The van der Waals surface area contributed by atoms with Gasteiger partial charge in [-0.25, -0.2) is 4.68 Å². The molecule has 5 nitrogen and oxygen atoms in total. The highest BCUT2D eigenvalue weighted by molar-refractivity contribution is 7.13. The fraction of sp³-hybridized carbons (Fsp3) is 0.250. The standard InChI is InChI=1S/C20H21N3O2S/c1-15(9-10-16-6-3-2-4-7-16)21-19(24)14-23-20(25)12-11-17(22-23)18-8-5-13-26-18/h2-8,11-13,15H,9-10,14H2,1H3,(H,21,24)/t15-/m1/s1. The molecule has 0 spiro atoms. The maximum atomic E-state index is 12.3. The molecule has 0 fully saturated rings. The van der Waals surface area contributed by atoms with Gasteiger partial charge >= 0.3 is 0 Å². The summed E-state index contributed by atoms with van der Waals surface area (Å²) in [4.78, 5) is 25.2. The molecule has 1 aromatic carbocycles. The summed E-state index contributed by atoms with van der Waals surface area (Å²) >= 11 is 1.55. The Morgan fingerprint density at radius 2 is 1.96 bits per heavy atom. The number of amides is 1. The highest BCUT2D eigenvalue weighted by atomic mass is 32.1. The number of carbonyl (C=O) groups excluding carboxylic acids is 1. The van der Waals surface area contributed by atoms with Crippen molar-refractivity contribution in [1.29, 1.82) is 0 Å². The molecule has 2 heterocycles. The summed E-state index contributed by atoms with van der Waals surface area (Å²) in [5.74, 6) is -0.205. The van der Waals surface area contributed by atoms with E-state index >= 15 is 0 Å². The smallest absolute Gasteiger partial charge is 0.267 e. The molecule has 3 rings (SSSR count). The molecule has 0 aliphatic carbocycles. The van der Waals surface area contributed by atoms with Crippen LogP contribution in [-0.2, 0) is 17.8 Å². The Hall–Kier alpha value is -2.73. The van der Waals surface area contributed by atoms with Crippen molar-refractivity contribution in [3.05, 3.63) is 75.9 Å². The Morgan fingerprint density at radius 3 is 2.69 bits per heavy atom. The molecule has 0 radical (unpaired) electrons. The van der Waals surface area contributed by atoms with Crippen LogP contribution in [0.1, 0.15) is 18.9 Å². The topological polar surface area (TPSA) is 64.0 Å². The van der Waals surface area contributed by atoms with Gasteiger partial charge in [-0.15, -0.1) is 11.3 Å². The van der Waals surface area contributed by atoms with Gasteiger partial charge in [0.2, 0.25) is 5.91 Å². The van der Waals surface area contributed by atoms with E-state index in [0.717, 1.165) is 17.7 Å². The Kier molecular flexibility index (Phi) is 5.96. The van der Waals surface area contributed by atoms with E-state index in [1.165, 1.54) is 16.3 Å². The van der Waals surface area contributed by atoms with Crippen molar-refractivity contribution in [3.63, 3.8) is 0 Å². The lowest BCUT2D eigenvalue weighted by molar-refractivity contribution is -0.122. The van der Waals surface area contributed by atoms with Crippen LogP contribution in [0, 0.1) is 0 Å². The van der Waals surface area contributed by atoms with Crippen LogP contribution in [0.3, 0.4) is 0 Å². The predicted molar refractivity (Wildman–Crippen MR) is 104 cm³/mol. The minimum absolute atomic E-state index is 0.0267. The number of hydrogen-bond donors (Lipinski definition) is 1. The zero-order chi connectivity index (χ0) is 18.4. The monoisotopic (exact) mass is 367 g/mol. The largest absolute Gasteiger partial charge is 0.352 e.